The predicted octanol–water partition coefficient (Wildman–Crippen LogP) is -0.677. The van der Waals surface area contributed by atoms with Crippen LogP contribution in [0.2, 0.25) is 0 Å². The first kappa shape index (κ1) is 18.9. The number of rotatable bonds is 3. The van der Waals surface area contributed by atoms with Gasteiger partial charge >= 0.3 is 6.09 Å². The van der Waals surface area contributed by atoms with Crippen molar-refractivity contribution in [1.29, 1.82) is 0 Å². The van der Waals surface area contributed by atoms with E-state index in [0.29, 0.717) is 39.2 Å². The van der Waals surface area contributed by atoms with Crippen LogP contribution in [0.15, 0.2) is 0 Å². The van der Waals surface area contributed by atoms with Crippen LogP contribution in [-0.4, -0.2) is 97.9 Å². The van der Waals surface area contributed by atoms with E-state index >= 15 is 0 Å². The standard InChI is InChI=1S/C16H25N3O6S/c1-2-25-16(22)18-6-4-17(5-7-18)15(21)12-9-14(20)19(10-12)13-3-8-26(23,24)11-13/h12-13H,2-11H2,1H3. The molecule has 146 valence electrons. The molecular weight excluding hydrogens is 362 g/mol. The lowest BCUT2D eigenvalue weighted by Gasteiger charge is -2.35. The summed E-state index contributed by atoms with van der Waals surface area (Å²) in [4.78, 5) is 41.5. The molecule has 3 aliphatic rings. The molecule has 2 atom stereocenters. The van der Waals surface area contributed by atoms with Crippen LogP contribution in [0.1, 0.15) is 19.8 Å². The topological polar surface area (TPSA) is 104 Å². The molecule has 3 aliphatic heterocycles. The number of carbonyl (C=O) groups excluding carboxylic acids is 3. The summed E-state index contributed by atoms with van der Waals surface area (Å²) in [6.07, 6.45) is 0.213. The van der Waals surface area contributed by atoms with E-state index in [9.17, 15) is 22.8 Å². The molecule has 0 bridgehead atoms. The zero-order valence-corrected chi connectivity index (χ0v) is 15.7. The van der Waals surface area contributed by atoms with Gasteiger partial charge in [-0.05, 0) is 13.3 Å². The van der Waals surface area contributed by atoms with Gasteiger partial charge in [-0.1, -0.05) is 0 Å². The van der Waals surface area contributed by atoms with Gasteiger partial charge in [0.15, 0.2) is 9.84 Å². The first-order chi connectivity index (χ1) is 12.3. The maximum absolute atomic E-state index is 12.7. The molecule has 3 rings (SSSR count). The second-order valence-corrected chi connectivity index (χ2v) is 9.24. The Morgan fingerprint density at radius 2 is 1.81 bits per heavy atom. The highest BCUT2D eigenvalue weighted by molar-refractivity contribution is 7.91. The number of ether oxygens (including phenoxy) is 1. The summed E-state index contributed by atoms with van der Waals surface area (Å²) < 4.78 is 28.2. The van der Waals surface area contributed by atoms with Gasteiger partial charge in [0.1, 0.15) is 0 Å². The molecule has 0 N–H and O–H groups in total. The number of amides is 3. The highest BCUT2D eigenvalue weighted by atomic mass is 32.2. The van der Waals surface area contributed by atoms with E-state index in [0.717, 1.165) is 0 Å². The molecule has 26 heavy (non-hydrogen) atoms. The van der Waals surface area contributed by atoms with Crippen LogP contribution in [0, 0.1) is 5.92 Å². The summed E-state index contributed by atoms with van der Waals surface area (Å²) in [5.41, 5.74) is 0. The second kappa shape index (κ2) is 7.42. The molecule has 0 aromatic rings. The molecule has 0 aromatic heterocycles. The Morgan fingerprint density at radius 1 is 1.15 bits per heavy atom. The summed E-state index contributed by atoms with van der Waals surface area (Å²) >= 11 is 0. The molecule has 3 fully saturated rings. The maximum Gasteiger partial charge on any atom is 0.409 e. The minimum absolute atomic E-state index is 0.00212. The van der Waals surface area contributed by atoms with E-state index in [1.165, 1.54) is 0 Å². The SMILES string of the molecule is CCOC(=O)N1CCN(C(=O)C2CC(=O)N(C3CCS(=O)(=O)C3)C2)CC1. The smallest absolute Gasteiger partial charge is 0.409 e. The molecule has 0 aliphatic carbocycles. The predicted molar refractivity (Wildman–Crippen MR) is 92.1 cm³/mol. The van der Waals surface area contributed by atoms with E-state index in [1.807, 2.05) is 0 Å². The number of carbonyl (C=O) groups is 3. The molecule has 9 nitrogen and oxygen atoms in total. The molecule has 3 amide bonds. The summed E-state index contributed by atoms with van der Waals surface area (Å²) in [7, 11) is -3.07. The largest absolute Gasteiger partial charge is 0.450 e. The summed E-state index contributed by atoms with van der Waals surface area (Å²) in [5, 5.41) is 0. The van der Waals surface area contributed by atoms with Crippen molar-refractivity contribution in [1.82, 2.24) is 14.7 Å². The van der Waals surface area contributed by atoms with E-state index in [-0.39, 0.29) is 48.4 Å². The Kier molecular flexibility index (Phi) is 5.40. The van der Waals surface area contributed by atoms with Crippen LogP contribution < -0.4 is 0 Å². The number of hydrogen-bond donors (Lipinski definition) is 0. The highest BCUT2D eigenvalue weighted by Gasteiger charge is 2.43. The van der Waals surface area contributed by atoms with Crippen LogP contribution in [0.5, 0.6) is 0 Å². The Morgan fingerprint density at radius 3 is 2.38 bits per heavy atom. The first-order valence-corrected chi connectivity index (χ1v) is 10.8. The Balaban J connectivity index is 1.53. The Hall–Kier alpha value is -1.84. The van der Waals surface area contributed by atoms with Crippen molar-refractivity contribution in [2.45, 2.75) is 25.8 Å². The lowest BCUT2D eigenvalue weighted by Crippen LogP contribution is -2.52. The van der Waals surface area contributed by atoms with Crippen LogP contribution in [0.3, 0.4) is 0 Å². The number of nitrogens with zero attached hydrogens (tertiary/aromatic N) is 3. The summed E-state index contributed by atoms with van der Waals surface area (Å²) in [6.45, 7) is 4.01. The molecule has 0 saturated carbocycles. The average molecular weight is 387 g/mol. The Labute approximate surface area is 153 Å². The lowest BCUT2D eigenvalue weighted by molar-refractivity contribution is -0.137. The molecule has 3 heterocycles. The van der Waals surface area contributed by atoms with Gasteiger partial charge in [0.05, 0.1) is 24.0 Å². The van der Waals surface area contributed by atoms with Crippen LogP contribution in [0.4, 0.5) is 4.79 Å². The quantitative estimate of drug-likeness (QED) is 0.636. The third kappa shape index (κ3) is 3.94. The fourth-order valence-corrected chi connectivity index (χ4v) is 5.58. The van der Waals surface area contributed by atoms with Gasteiger partial charge in [-0.15, -0.1) is 0 Å². The molecule has 3 saturated heterocycles. The fraction of sp³-hybridized carbons (Fsp3) is 0.812. The van der Waals surface area contributed by atoms with Crippen molar-refractivity contribution in [3.63, 3.8) is 0 Å². The Bertz CT molecular complexity index is 686. The van der Waals surface area contributed by atoms with Crippen LogP contribution in [-0.2, 0) is 24.2 Å². The van der Waals surface area contributed by atoms with Gasteiger partial charge < -0.3 is 19.4 Å². The number of hydrogen-bond acceptors (Lipinski definition) is 6. The third-order valence-electron chi connectivity index (χ3n) is 5.27. The van der Waals surface area contributed by atoms with E-state index in [4.69, 9.17) is 4.74 Å². The van der Waals surface area contributed by atoms with Crippen molar-refractivity contribution >= 4 is 27.7 Å². The van der Waals surface area contributed by atoms with Gasteiger partial charge in [-0.2, -0.15) is 0 Å². The van der Waals surface area contributed by atoms with Gasteiger partial charge in [0.2, 0.25) is 11.8 Å². The van der Waals surface area contributed by atoms with E-state index in [1.54, 1.807) is 21.6 Å². The summed E-state index contributed by atoms with van der Waals surface area (Å²) in [5.74, 6) is -0.561. The van der Waals surface area contributed by atoms with E-state index in [2.05, 4.69) is 0 Å². The number of sulfone groups is 1. The maximum atomic E-state index is 12.7. The molecular formula is C16H25N3O6S. The minimum Gasteiger partial charge on any atom is -0.450 e. The number of piperazine rings is 1. The van der Waals surface area contributed by atoms with Crippen LogP contribution >= 0.6 is 0 Å². The van der Waals surface area contributed by atoms with Crippen molar-refractivity contribution in [2.75, 3.05) is 50.8 Å². The number of likely N-dealkylation sites (tertiary alicyclic amines) is 1. The molecule has 0 radical (unpaired) electrons. The third-order valence-corrected chi connectivity index (χ3v) is 7.02. The average Bonchev–Trinajstić information content (AvgIpc) is 3.16. The van der Waals surface area contributed by atoms with Crippen LogP contribution in [0.25, 0.3) is 0 Å². The van der Waals surface area contributed by atoms with Gasteiger partial charge in [-0.3, -0.25) is 9.59 Å². The molecule has 10 heteroatoms. The summed E-state index contributed by atoms with van der Waals surface area (Å²) in [6, 6.07) is -0.300. The molecule has 0 spiro atoms. The van der Waals surface area contributed by atoms with E-state index < -0.39 is 15.8 Å². The van der Waals surface area contributed by atoms with Gasteiger partial charge in [0, 0.05) is 45.2 Å². The first-order valence-electron chi connectivity index (χ1n) is 9.01. The molecule has 2 unspecified atom stereocenters. The van der Waals surface area contributed by atoms with Gasteiger partial charge in [-0.25, -0.2) is 13.2 Å². The van der Waals surface area contributed by atoms with Crippen molar-refractivity contribution < 1.29 is 27.5 Å². The van der Waals surface area contributed by atoms with Crippen molar-refractivity contribution in [3.8, 4) is 0 Å². The lowest BCUT2D eigenvalue weighted by atomic mass is 10.1. The molecule has 0 aromatic carbocycles. The monoisotopic (exact) mass is 387 g/mol. The fourth-order valence-electron chi connectivity index (χ4n) is 3.85. The van der Waals surface area contributed by atoms with Crippen molar-refractivity contribution in [2.24, 2.45) is 5.92 Å². The highest BCUT2D eigenvalue weighted by Crippen LogP contribution is 2.27. The van der Waals surface area contributed by atoms with Crippen molar-refractivity contribution in [3.05, 3.63) is 0 Å². The normalized spacial score (nSPS) is 28.5. The zero-order chi connectivity index (χ0) is 18.9. The second-order valence-electron chi connectivity index (χ2n) is 7.02. The van der Waals surface area contributed by atoms with Gasteiger partial charge in [0.25, 0.3) is 0 Å². The minimum atomic E-state index is -3.07. The zero-order valence-electron chi connectivity index (χ0n) is 14.9.